The number of halogens is 3. The summed E-state index contributed by atoms with van der Waals surface area (Å²) in [7, 11) is 0. The van der Waals surface area contributed by atoms with Crippen LogP contribution in [-0.2, 0) is 0 Å². The lowest BCUT2D eigenvalue weighted by atomic mass is 9.85. The van der Waals surface area contributed by atoms with E-state index in [2.05, 4.69) is 40.3 Å². The molecule has 0 saturated carbocycles. The summed E-state index contributed by atoms with van der Waals surface area (Å²) in [5.74, 6) is 0.349. The van der Waals surface area contributed by atoms with E-state index < -0.39 is 0 Å². The smallest absolute Gasteiger partial charge is 0.185 e. The molecule has 1 aliphatic heterocycles. The molecule has 1 aliphatic carbocycles. The lowest BCUT2D eigenvalue weighted by Gasteiger charge is -2.28. The van der Waals surface area contributed by atoms with E-state index in [9.17, 15) is 0 Å². The average Bonchev–Trinajstić information content (AvgIpc) is 3.02. The number of guanidine groups is 1. The highest BCUT2D eigenvalue weighted by molar-refractivity contribution is 6.42. The number of fused-ring (bicyclic) bond motifs is 3. The van der Waals surface area contributed by atoms with Gasteiger partial charge in [0.25, 0.3) is 0 Å². The Morgan fingerprint density at radius 1 is 1.13 bits per heavy atom. The van der Waals surface area contributed by atoms with Crippen LogP contribution < -0.4 is 21.7 Å². The van der Waals surface area contributed by atoms with E-state index in [-0.39, 0.29) is 11.9 Å². The molecule has 162 valence electrons. The van der Waals surface area contributed by atoms with Crippen molar-refractivity contribution in [1.82, 2.24) is 0 Å². The van der Waals surface area contributed by atoms with Crippen molar-refractivity contribution >= 4 is 52.1 Å². The number of nitrogens with two attached hydrogens (primary N) is 2. The minimum absolute atomic E-state index is 0.0971. The summed E-state index contributed by atoms with van der Waals surface area (Å²) in [6, 6.07) is 11.6. The van der Waals surface area contributed by atoms with Crippen molar-refractivity contribution in [2.45, 2.75) is 25.7 Å². The number of nitrogens with zero attached hydrogens (tertiary/aromatic N) is 2. The van der Waals surface area contributed by atoms with Gasteiger partial charge in [-0.3, -0.25) is 4.99 Å². The van der Waals surface area contributed by atoms with Crippen LogP contribution in [0.25, 0.3) is 0 Å². The largest absolute Gasteiger partial charge is 0.370 e. The second-order valence-corrected chi connectivity index (χ2v) is 8.86. The molecule has 31 heavy (non-hydrogen) atoms. The Morgan fingerprint density at radius 3 is 2.65 bits per heavy atom. The van der Waals surface area contributed by atoms with Gasteiger partial charge in [-0.2, -0.15) is 0 Å². The molecule has 0 amide bonds. The molecule has 4 rings (SSSR count). The molecule has 5 N–H and O–H groups in total. The highest BCUT2D eigenvalue weighted by Gasteiger charge is 2.36. The standard InChI is InChI=1S/C23H24Cl3N5/c1-2-13-9-16-17-10-14(24)3-6-21(17)31(8-7-29-23(27)28)22(16)12-20(13)30-15-4-5-18(25)19(26)11-15/h3-6,10-12,16,30H,2,7-9H2,1H3,(H4,27,28,29). The highest BCUT2D eigenvalue weighted by Crippen LogP contribution is 2.50. The van der Waals surface area contributed by atoms with Crippen molar-refractivity contribution < 1.29 is 0 Å². The predicted octanol–water partition coefficient (Wildman–Crippen LogP) is 5.89. The Labute approximate surface area is 197 Å². The molecule has 2 aromatic carbocycles. The molecule has 0 saturated heterocycles. The third kappa shape index (κ3) is 4.49. The average molecular weight is 477 g/mol. The van der Waals surface area contributed by atoms with Crippen LogP contribution >= 0.6 is 34.8 Å². The summed E-state index contributed by atoms with van der Waals surface area (Å²) < 4.78 is 0. The SMILES string of the molecule is CCC1=C(Nc2ccc(Cl)c(Cl)c2)C=C2C(C1)c1cc(Cl)ccc1N2CCN=C(N)N. The lowest BCUT2D eigenvalue weighted by Crippen LogP contribution is -2.28. The number of hydrogen-bond donors (Lipinski definition) is 3. The number of aliphatic imine (C=N–C) groups is 1. The molecule has 0 bridgehead atoms. The summed E-state index contributed by atoms with van der Waals surface area (Å²) in [6.45, 7) is 3.36. The zero-order chi connectivity index (χ0) is 22.1. The Bertz CT molecular complexity index is 1100. The van der Waals surface area contributed by atoms with Gasteiger partial charge in [0, 0.05) is 40.3 Å². The zero-order valence-electron chi connectivity index (χ0n) is 17.1. The molecule has 0 spiro atoms. The van der Waals surface area contributed by atoms with Gasteiger partial charge in [-0.1, -0.05) is 41.7 Å². The van der Waals surface area contributed by atoms with Crippen LogP contribution in [0.4, 0.5) is 11.4 Å². The molecule has 2 aliphatic rings. The Hall–Kier alpha value is -2.34. The van der Waals surface area contributed by atoms with Crippen molar-refractivity contribution in [3.8, 4) is 0 Å². The zero-order valence-corrected chi connectivity index (χ0v) is 19.4. The fourth-order valence-corrected chi connectivity index (χ4v) is 4.73. The molecule has 1 heterocycles. The van der Waals surface area contributed by atoms with Gasteiger partial charge in [-0.25, -0.2) is 0 Å². The molecule has 5 nitrogen and oxygen atoms in total. The van der Waals surface area contributed by atoms with Crippen LogP contribution in [0.5, 0.6) is 0 Å². The number of allylic oxidation sites excluding steroid dienone is 3. The van der Waals surface area contributed by atoms with Crippen LogP contribution in [-0.4, -0.2) is 19.0 Å². The first-order valence-corrected chi connectivity index (χ1v) is 11.3. The van der Waals surface area contributed by atoms with E-state index in [1.165, 1.54) is 16.8 Å². The van der Waals surface area contributed by atoms with Gasteiger partial charge in [0.05, 0.1) is 16.6 Å². The van der Waals surface area contributed by atoms with Gasteiger partial charge < -0.3 is 21.7 Å². The summed E-state index contributed by atoms with van der Waals surface area (Å²) in [6.07, 6.45) is 4.07. The van der Waals surface area contributed by atoms with Crippen LogP contribution in [0.15, 0.2) is 64.4 Å². The summed E-state index contributed by atoms with van der Waals surface area (Å²) in [5.41, 5.74) is 18.0. The van der Waals surface area contributed by atoms with Crippen LogP contribution in [0.3, 0.4) is 0 Å². The second kappa shape index (κ2) is 9.03. The number of hydrogen-bond acceptors (Lipinski definition) is 3. The molecular weight excluding hydrogens is 453 g/mol. The number of rotatable bonds is 6. The molecule has 0 aromatic heterocycles. The van der Waals surface area contributed by atoms with E-state index in [0.29, 0.717) is 23.1 Å². The number of benzene rings is 2. The fraction of sp³-hybridized carbons (Fsp3) is 0.261. The van der Waals surface area contributed by atoms with Gasteiger partial charge in [0.1, 0.15) is 0 Å². The minimum atomic E-state index is 0.0971. The molecule has 8 heteroatoms. The maximum Gasteiger partial charge on any atom is 0.185 e. The molecule has 2 aromatic rings. The predicted molar refractivity (Wildman–Crippen MR) is 132 cm³/mol. The van der Waals surface area contributed by atoms with Crippen molar-refractivity contribution in [2.75, 3.05) is 23.3 Å². The molecular formula is C23H24Cl3N5. The topological polar surface area (TPSA) is 79.7 Å². The first kappa shape index (κ1) is 21.9. The van der Waals surface area contributed by atoms with E-state index in [1.807, 2.05) is 18.2 Å². The maximum absolute atomic E-state index is 6.34. The van der Waals surface area contributed by atoms with Gasteiger partial charge in [-0.05, 0) is 66.5 Å². The normalized spacial score (nSPS) is 17.2. The maximum atomic E-state index is 6.34. The second-order valence-electron chi connectivity index (χ2n) is 7.61. The van der Waals surface area contributed by atoms with Gasteiger partial charge in [0.2, 0.25) is 0 Å². The summed E-state index contributed by atoms with van der Waals surface area (Å²) in [5, 5.41) is 5.33. The third-order valence-electron chi connectivity index (χ3n) is 5.69. The van der Waals surface area contributed by atoms with E-state index >= 15 is 0 Å². The molecule has 0 fully saturated rings. The van der Waals surface area contributed by atoms with Crippen LogP contribution in [0.1, 0.15) is 31.2 Å². The summed E-state index contributed by atoms with van der Waals surface area (Å²) in [4.78, 5) is 6.46. The van der Waals surface area contributed by atoms with E-state index in [4.69, 9.17) is 46.3 Å². The Balaban J connectivity index is 1.71. The Kier molecular flexibility index (Phi) is 6.37. The van der Waals surface area contributed by atoms with Gasteiger partial charge in [0.15, 0.2) is 5.96 Å². The Morgan fingerprint density at radius 2 is 1.94 bits per heavy atom. The molecule has 0 radical (unpaired) electrons. The molecule has 1 atom stereocenters. The van der Waals surface area contributed by atoms with Gasteiger partial charge >= 0.3 is 0 Å². The van der Waals surface area contributed by atoms with E-state index in [1.54, 1.807) is 6.07 Å². The van der Waals surface area contributed by atoms with Crippen molar-refractivity contribution in [2.24, 2.45) is 16.5 Å². The van der Waals surface area contributed by atoms with Gasteiger partial charge in [-0.15, -0.1) is 0 Å². The van der Waals surface area contributed by atoms with Crippen LogP contribution in [0, 0.1) is 0 Å². The monoisotopic (exact) mass is 475 g/mol. The quantitative estimate of drug-likeness (QED) is 0.359. The van der Waals surface area contributed by atoms with Crippen LogP contribution in [0.2, 0.25) is 15.1 Å². The number of anilines is 2. The van der Waals surface area contributed by atoms with Crippen molar-refractivity contribution in [1.29, 1.82) is 0 Å². The van der Waals surface area contributed by atoms with Crippen molar-refractivity contribution in [3.63, 3.8) is 0 Å². The van der Waals surface area contributed by atoms with Crippen molar-refractivity contribution in [3.05, 3.63) is 80.1 Å². The third-order valence-corrected chi connectivity index (χ3v) is 6.67. The molecule has 1 unspecified atom stereocenters. The highest BCUT2D eigenvalue weighted by atomic mass is 35.5. The fourth-order valence-electron chi connectivity index (χ4n) is 4.25. The first-order chi connectivity index (χ1) is 14.9. The van der Waals surface area contributed by atoms with E-state index in [0.717, 1.165) is 34.9 Å². The first-order valence-electron chi connectivity index (χ1n) is 10.2. The summed E-state index contributed by atoms with van der Waals surface area (Å²) >= 11 is 18.6. The minimum Gasteiger partial charge on any atom is -0.370 e. The number of nitrogens with one attached hydrogen (secondary N) is 1. The lowest BCUT2D eigenvalue weighted by molar-refractivity contribution is 0.728.